The highest BCUT2D eigenvalue weighted by Gasteiger charge is 2.07. The molecule has 6 nitrogen and oxygen atoms in total. The fourth-order valence-electron chi connectivity index (χ4n) is 2.00. The number of aromatic nitrogens is 2. The lowest BCUT2D eigenvalue weighted by atomic mass is 10.2. The van der Waals surface area contributed by atoms with Crippen LogP contribution in [-0.4, -0.2) is 51.6 Å². The zero-order valence-corrected chi connectivity index (χ0v) is 12.5. The van der Waals surface area contributed by atoms with Gasteiger partial charge >= 0.3 is 5.97 Å². The van der Waals surface area contributed by atoms with Crippen molar-refractivity contribution in [3.63, 3.8) is 0 Å². The minimum absolute atomic E-state index is 0.0373. The Kier molecular flexibility index (Phi) is 6.93. The first-order valence-corrected chi connectivity index (χ1v) is 7.11. The monoisotopic (exact) mass is 280 g/mol. The second-order valence-electron chi connectivity index (χ2n) is 4.81. The molecule has 0 aromatic carbocycles. The summed E-state index contributed by atoms with van der Waals surface area (Å²) in [6, 6.07) is 0.288. The minimum atomic E-state index is -1.06. The molecule has 0 radical (unpaired) electrons. The maximum atomic E-state index is 10.7. The van der Waals surface area contributed by atoms with Gasteiger partial charge in [-0.15, -0.1) is 0 Å². The maximum absolute atomic E-state index is 10.7. The third kappa shape index (κ3) is 5.52. The molecule has 1 aromatic heterocycles. The van der Waals surface area contributed by atoms with E-state index in [-0.39, 0.29) is 11.7 Å². The molecule has 0 aliphatic carbocycles. The Morgan fingerprint density at radius 3 is 2.55 bits per heavy atom. The van der Waals surface area contributed by atoms with Crippen LogP contribution < -0.4 is 5.32 Å². The highest BCUT2D eigenvalue weighted by molar-refractivity contribution is 5.84. The van der Waals surface area contributed by atoms with Gasteiger partial charge < -0.3 is 15.3 Å². The molecular weight excluding hydrogens is 256 g/mol. The van der Waals surface area contributed by atoms with Crippen molar-refractivity contribution in [2.45, 2.75) is 39.7 Å². The van der Waals surface area contributed by atoms with Crippen LogP contribution in [0.2, 0.25) is 0 Å². The van der Waals surface area contributed by atoms with Gasteiger partial charge in [-0.05, 0) is 39.4 Å². The number of aromatic carboxylic acids is 1. The Hall–Kier alpha value is -1.69. The van der Waals surface area contributed by atoms with Crippen molar-refractivity contribution in [1.82, 2.24) is 14.9 Å². The fraction of sp³-hybridized carbons (Fsp3) is 0.643. The van der Waals surface area contributed by atoms with E-state index in [0.717, 1.165) is 32.5 Å². The Balaban J connectivity index is 2.34. The number of nitrogens with one attached hydrogen (secondary N) is 1. The van der Waals surface area contributed by atoms with Gasteiger partial charge in [-0.2, -0.15) is 0 Å². The van der Waals surface area contributed by atoms with E-state index in [4.69, 9.17) is 5.11 Å². The predicted octanol–water partition coefficient (Wildman–Crippen LogP) is 2.10. The van der Waals surface area contributed by atoms with Gasteiger partial charge in [0.15, 0.2) is 5.69 Å². The molecule has 6 heteroatoms. The minimum Gasteiger partial charge on any atom is -0.476 e. The van der Waals surface area contributed by atoms with E-state index in [1.165, 1.54) is 12.4 Å². The van der Waals surface area contributed by atoms with Gasteiger partial charge in [-0.25, -0.2) is 14.8 Å². The highest BCUT2D eigenvalue weighted by Crippen LogP contribution is 2.07. The van der Waals surface area contributed by atoms with Crippen LogP contribution in [0.4, 0.5) is 5.82 Å². The standard InChI is InChI=1S/C14H24N4O2/c1-4-18(5-2)8-6-7-11(3)17-13-10-15-12(9-16-13)14(19)20/h9-11H,4-8H2,1-3H3,(H,16,17)(H,19,20). The lowest BCUT2D eigenvalue weighted by Gasteiger charge is -2.19. The number of carboxylic acids is 1. The van der Waals surface area contributed by atoms with E-state index < -0.39 is 5.97 Å². The SMILES string of the molecule is CCN(CC)CCCC(C)Nc1cnc(C(=O)O)cn1. The van der Waals surface area contributed by atoms with Crippen molar-refractivity contribution < 1.29 is 9.90 Å². The van der Waals surface area contributed by atoms with E-state index in [0.29, 0.717) is 5.82 Å². The number of anilines is 1. The third-order valence-electron chi connectivity index (χ3n) is 3.27. The van der Waals surface area contributed by atoms with Gasteiger partial charge in [-0.1, -0.05) is 13.8 Å². The number of nitrogens with zero attached hydrogens (tertiary/aromatic N) is 3. The van der Waals surface area contributed by atoms with Gasteiger partial charge in [0.05, 0.1) is 12.4 Å². The van der Waals surface area contributed by atoms with E-state index in [2.05, 4.69) is 41.0 Å². The number of hydrogen-bond donors (Lipinski definition) is 2. The molecule has 0 aliphatic heterocycles. The first kappa shape index (κ1) is 16.4. The van der Waals surface area contributed by atoms with Crippen molar-refractivity contribution in [3.05, 3.63) is 18.1 Å². The Bertz CT molecular complexity index is 404. The van der Waals surface area contributed by atoms with Crippen molar-refractivity contribution in [1.29, 1.82) is 0 Å². The van der Waals surface area contributed by atoms with Crippen LogP contribution >= 0.6 is 0 Å². The molecule has 0 bridgehead atoms. The third-order valence-corrected chi connectivity index (χ3v) is 3.27. The summed E-state index contributed by atoms with van der Waals surface area (Å²) in [5.41, 5.74) is -0.0373. The van der Waals surface area contributed by atoms with Gasteiger partial charge in [0.2, 0.25) is 0 Å². The predicted molar refractivity (Wildman–Crippen MR) is 79.1 cm³/mol. The number of hydrogen-bond acceptors (Lipinski definition) is 5. The van der Waals surface area contributed by atoms with E-state index in [9.17, 15) is 4.79 Å². The molecule has 0 aliphatic rings. The zero-order chi connectivity index (χ0) is 15.0. The summed E-state index contributed by atoms with van der Waals surface area (Å²) in [5, 5.41) is 12.0. The number of carbonyl (C=O) groups is 1. The van der Waals surface area contributed by atoms with Crippen molar-refractivity contribution in [3.8, 4) is 0 Å². The van der Waals surface area contributed by atoms with Crippen molar-refractivity contribution in [2.24, 2.45) is 0 Å². The largest absolute Gasteiger partial charge is 0.476 e. The summed E-state index contributed by atoms with van der Waals surface area (Å²) in [6.07, 6.45) is 4.90. The molecule has 0 amide bonds. The van der Waals surface area contributed by atoms with Crippen LogP contribution in [0, 0.1) is 0 Å². The summed E-state index contributed by atoms with van der Waals surface area (Å²) in [5.74, 6) is -0.443. The normalized spacial score (nSPS) is 12.4. The van der Waals surface area contributed by atoms with Crippen LogP contribution in [0.3, 0.4) is 0 Å². The van der Waals surface area contributed by atoms with Gasteiger partial charge in [0, 0.05) is 6.04 Å². The van der Waals surface area contributed by atoms with Crippen molar-refractivity contribution in [2.75, 3.05) is 25.0 Å². The second-order valence-corrected chi connectivity index (χ2v) is 4.81. The molecule has 0 saturated carbocycles. The van der Waals surface area contributed by atoms with Crippen LogP contribution in [0.15, 0.2) is 12.4 Å². The van der Waals surface area contributed by atoms with Gasteiger partial charge in [0.25, 0.3) is 0 Å². The van der Waals surface area contributed by atoms with E-state index in [1.807, 2.05) is 0 Å². The Morgan fingerprint density at radius 1 is 1.35 bits per heavy atom. The molecule has 0 spiro atoms. The Labute approximate surface area is 120 Å². The first-order valence-electron chi connectivity index (χ1n) is 7.11. The zero-order valence-electron chi connectivity index (χ0n) is 12.5. The molecule has 112 valence electrons. The summed E-state index contributed by atoms with van der Waals surface area (Å²) in [6.45, 7) is 9.70. The van der Waals surface area contributed by atoms with Crippen molar-refractivity contribution >= 4 is 11.8 Å². The average Bonchev–Trinajstić information content (AvgIpc) is 2.44. The lowest BCUT2D eigenvalue weighted by molar-refractivity contribution is 0.0690. The molecule has 1 aromatic rings. The molecule has 1 atom stereocenters. The smallest absolute Gasteiger partial charge is 0.356 e. The van der Waals surface area contributed by atoms with Gasteiger partial charge in [-0.3, -0.25) is 0 Å². The summed E-state index contributed by atoms with van der Waals surface area (Å²) in [4.78, 5) is 21.0. The molecule has 1 heterocycles. The average molecular weight is 280 g/mol. The van der Waals surface area contributed by atoms with Crippen LogP contribution in [0.1, 0.15) is 44.1 Å². The highest BCUT2D eigenvalue weighted by atomic mass is 16.4. The molecule has 20 heavy (non-hydrogen) atoms. The summed E-state index contributed by atoms with van der Waals surface area (Å²) >= 11 is 0. The van der Waals surface area contributed by atoms with E-state index >= 15 is 0 Å². The first-order chi connectivity index (χ1) is 9.56. The Morgan fingerprint density at radius 2 is 2.05 bits per heavy atom. The lowest BCUT2D eigenvalue weighted by Crippen LogP contribution is -2.25. The summed E-state index contributed by atoms with van der Waals surface area (Å²) < 4.78 is 0. The molecule has 0 fully saturated rings. The topological polar surface area (TPSA) is 78.4 Å². The molecule has 2 N–H and O–H groups in total. The number of rotatable bonds is 9. The van der Waals surface area contributed by atoms with E-state index in [1.54, 1.807) is 0 Å². The molecule has 0 saturated heterocycles. The molecule has 1 unspecified atom stereocenters. The molecular formula is C14H24N4O2. The van der Waals surface area contributed by atoms with Crippen LogP contribution in [-0.2, 0) is 0 Å². The second kappa shape index (κ2) is 8.47. The molecule has 1 rings (SSSR count). The van der Waals surface area contributed by atoms with Gasteiger partial charge in [0.1, 0.15) is 5.82 Å². The fourth-order valence-corrected chi connectivity index (χ4v) is 2.00. The van der Waals surface area contributed by atoms with Crippen LogP contribution in [0.25, 0.3) is 0 Å². The van der Waals surface area contributed by atoms with Crippen LogP contribution in [0.5, 0.6) is 0 Å². The maximum Gasteiger partial charge on any atom is 0.356 e. The number of carboxylic acid groups (broad SMARTS) is 1. The summed E-state index contributed by atoms with van der Waals surface area (Å²) in [7, 11) is 0. The quantitative estimate of drug-likeness (QED) is 0.721.